The number of halogens is 1. The van der Waals surface area contributed by atoms with E-state index in [0.29, 0.717) is 24.4 Å². The number of hydrogen-bond donors (Lipinski definition) is 1. The fourth-order valence-electron chi connectivity index (χ4n) is 4.53. The van der Waals surface area contributed by atoms with E-state index in [9.17, 15) is 9.18 Å². The van der Waals surface area contributed by atoms with Crippen LogP contribution in [-0.4, -0.2) is 42.8 Å². The van der Waals surface area contributed by atoms with E-state index in [2.05, 4.69) is 9.88 Å². The van der Waals surface area contributed by atoms with E-state index in [0.717, 1.165) is 27.8 Å². The highest BCUT2D eigenvalue weighted by molar-refractivity contribution is 6.16. The molecule has 0 saturated heterocycles. The van der Waals surface area contributed by atoms with Crippen LogP contribution in [0.3, 0.4) is 0 Å². The molecule has 1 N–H and O–H groups in total. The molecule has 4 aromatic rings. The summed E-state index contributed by atoms with van der Waals surface area (Å²) >= 11 is 0. The summed E-state index contributed by atoms with van der Waals surface area (Å²) in [5.41, 5.74) is 4.80. The lowest BCUT2D eigenvalue weighted by Gasteiger charge is -2.33. The first kappa shape index (κ1) is 20.9. The summed E-state index contributed by atoms with van der Waals surface area (Å²) < 4.78 is 14.7. The number of rotatable bonds is 4. The van der Waals surface area contributed by atoms with Crippen LogP contribution >= 0.6 is 0 Å². The molecule has 0 bridgehead atoms. The Hall–Kier alpha value is -3.93. The molecule has 1 aliphatic heterocycles. The number of aromatic nitrogens is 1. The number of nitrogens with zero attached hydrogens (tertiary/aromatic N) is 3. The molecule has 1 aromatic heterocycles. The molecular formula is C27H25FN4O. The van der Waals surface area contributed by atoms with Crippen LogP contribution in [0.1, 0.15) is 18.1 Å². The Bertz CT molecular complexity index is 1360. The molecular weight excluding hydrogens is 415 g/mol. The summed E-state index contributed by atoms with van der Waals surface area (Å²) in [5, 5.41) is 1.000. The third kappa shape index (κ3) is 3.78. The molecule has 5 nitrogen and oxygen atoms in total. The topological polar surface area (TPSA) is 51.7 Å². The molecule has 33 heavy (non-hydrogen) atoms. The van der Waals surface area contributed by atoms with E-state index in [-0.39, 0.29) is 17.8 Å². The standard InChI is InChI=1S/C27H25FN4O/c1-18(33)32(26-16-29-24-13-7-4-10-21(24)26)17-19-15-30-27(20-9-3-6-12-23(20)28)22-11-5-8-14-25(22)31(19)2/h3-14,16,19,29H,15,17H2,1-2H3. The summed E-state index contributed by atoms with van der Waals surface area (Å²) in [6.07, 6.45) is 1.88. The second-order valence-corrected chi connectivity index (χ2v) is 8.30. The Morgan fingerprint density at radius 1 is 1.06 bits per heavy atom. The molecule has 5 rings (SSSR count). The van der Waals surface area contributed by atoms with E-state index in [1.165, 1.54) is 6.07 Å². The van der Waals surface area contributed by atoms with Gasteiger partial charge in [0, 0.05) is 54.4 Å². The van der Waals surface area contributed by atoms with Crippen LogP contribution in [0.25, 0.3) is 10.9 Å². The van der Waals surface area contributed by atoms with Crippen LogP contribution in [0.4, 0.5) is 15.8 Å². The first-order valence-electron chi connectivity index (χ1n) is 11.0. The number of aromatic amines is 1. The van der Waals surface area contributed by atoms with Gasteiger partial charge >= 0.3 is 0 Å². The second kappa shape index (κ2) is 8.54. The van der Waals surface area contributed by atoms with Crippen molar-refractivity contribution in [3.05, 3.63) is 95.9 Å². The quantitative estimate of drug-likeness (QED) is 0.485. The van der Waals surface area contributed by atoms with Gasteiger partial charge in [-0.15, -0.1) is 0 Å². The van der Waals surface area contributed by atoms with Crippen molar-refractivity contribution < 1.29 is 9.18 Å². The number of anilines is 2. The summed E-state index contributed by atoms with van der Waals surface area (Å²) in [6.45, 7) is 2.47. The molecule has 1 unspecified atom stereocenters. The minimum absolute atomic E-state index is 0.0380. The minimum atomic E-state index is -0.295. The van der Waals surface area contributed by atoms with Gasteiger partial charge in [0.05, 0.1) is 24.0 Å². The molecule has 166 valence electrons. The number of hydrogen-bond acceptors (Lipinski definition) is 3. The Balaban J connectivity index is 1.55. The predicted molar refractivity (Wildman–Crippen MR) is 132 cm³/mol. The maximum Gasteiger partial charge on any atom is 0.223 e. The van der Waals surface area contributed by atoms with Crippen LogP contribution < -0.4 is 9.80 Å². The van der Waals surface area contributed by atoms with Gasteiger partial charge in [-0.2, -0.15) is 0 Å². The van der Waals surface area contributed by atoms with Gasteiger partial charge in [0.2, 0.25) is 5.91 Å². The average Bonchev–Trinajstić information content (AvgIpc) is 3.20. The Kier molecular flexibility index (Phi) is 5.42. The second-order valence-electron chi connectivity index (χ2n) is 8.30. The first-order valence-corrected chi connectivity index (χ1v) is 11.0. The van der Waals surface area contributed by atoms with E-state index in [4.69, 9.17) is 4.99 Å². The average molecular weight is 441 g/mol. The number of nitrogens with one attached hydrogen (secondary N) is 1. The third-order valence-corrected chi connectivity index (χ3v) is 6.31. The lowest BCUT2D eigenvalue weighted by Crippen LogP contribution is -2.45. The molecule has 1 aliphatic rings. The van der Waals surface area contributed by atoms with Gasteiger partial charge < -0.3 is 14.8 Å². The van der Waals surface area contributed by atoms with Crippen molar-refractivity contribution in [3.63, 3.8) is 0 Å². The molecule has 0 saturated carbocycles. The van der Waals surface area contributed by atoms with E-state index >= 15 is 0 Å². The zero-order valence-electron chi connectivity index (χ0n) is 18.6. The first-order chi connectivity index (χ1) is 16.0. The van der Waals surface area contributed by atoms with Crippen LogP contribution in [0.5, 0.6) is 0 Å². The maximum atomic E-state index is 14.7. The van der Waals surface area contributed by atoms with Gasteiger partial charge in [0.1, 0.15) is 5.82 Å². The SMILES string of the molecule is CC(=O)N(CC1CN=C(c2ccccc2F)c2ccccc2N1C)c1c[nH]c2ccccc12. The van der Waals surface area contributed by atoms with Crippen LogP contribution in [0, 0.1) is 5.82 Å². The maximum absolute atomic E-state index is 14.7. The molecule has 0 fully saturated rings. The van der Waals surface area contributed by atoms with Crippen LogP contribution in [-0.2, 0) is 4.79 Å². The lowest BCUT2D eigenvalue weighted by atomic mass is 10.00. The third-order valence-electron chi connectivity index (χ3n) is 6.31. The number of H-pyrrole nitrogens is 1. The smallest absolute Gasteiger partial charge is 0.223 e. The van der Waals surface area contributed by atoms with Crippen molar-refractivity contribution in [2.75, 3.05) is 29.9 Å². The largest absolute Gasteiger partial charge is 0.367 e. The Labute approximate surface area is 192 Å². The molecule has 3 aromatic carbocycles. The molecule has 2 heterocycles. The van der Waals surface area contributed by atoms with E-state index in [1.807, 2.05) is 67.8 Å². The lowest BCUT2D eigenvalue weighted by molar-refractivity contribution is -0.116. The van der Waals surface area contributed by atoms with E-state index < -0.39 is 0 Å². The number of para-hydroxylation sites is 2. The zero-order chi connectivity index (χ0) is 22.9. The number of amides is 1. The van der Waals surface area contributed by atoms with Crippen molar-refractivity contribution in [2.24, 2.45) is 4.99 Å². The van der Waals surface area contributed by atoms with Crippen LogP contribution in [0.2, 0.25) is 0 Å². The number of carbonyl (C=O) groups is 1. The molecule has 1 amide bonds. The highest BCUT2D eigenvalue weighted by Crippen LogP contribution is 2.31. The molecule has 1 atom stereocenters. The number of fused-ring (bicyclic) bond motifs is 2. The predicted octanol–water partition coefficient (Wildman–Crippen LogP) is 5.02. The van der Waals surface area contributed by atoms with Crippen molar-refractivity contribution >= 4 is 33.9 Å². The number of benzodiazepines with no additional fused rings is 1. The van der Waals surface area contributed by atoms with Crippen LogP contribution in [0.15, 0.2) is 84.0 Å². The number of likely N-dealkylation sites (N-methyl/N-ethyl adjacent to an activating group) is 1. The highest BCUT2D eigenvalue weighted by atomic mass is 19.1. The fourth-order valence-corrected chi connectivity index (χ4v) is 4.53. The summed E-state index contributed by atoms with van der Waals surface area (Å²) in [4.78, 5) is 24.8. The van der Waals surface area contributed by atoms with Gasteiger partial charge in [0.15, 0.2) is 0 Å². The number of aliphatic imine (C=N–C) groups is 1. The van der Waals surface area contributed by atoms with Crippen molar-refractivity contribution in [2.45, 2.75) is 13.0 Å². The van der Waals surface area contributed by atoms with Gasteiger partial charge in [-0.3, -0.25) is 9.79 Å². The van der Waals surface area contributed by atoms with Crippen molar-refractivity contribution in [1.82, 2.24) is 4.98 Å². The minimum Gasteiger partial charge on any atom is -0.367 e. The Morgan fingerprint density at radius 3 is 2.55 bits per heavy atom. The molecule has 0 spiro atoms. The van der Waals surface area contributed by atoms with Crippen molar-refractivity contribution in [3.8, 4) is 0 Å². The summed E-state index contributed by atoms with van der Waals surface area (Å²) in [7, 11) is 2.01. The van der Waals surface area contributed by atoms with Gasteiger partial charge in [-0.05, 0) is 24.3 Å². The highest BCUT2D eigenvalue weighted by Gasteiger charge is 2.28. The normalized spacial score (nSPS) is 15.7. The molecule has 6 heteroatoms. The summed E-state index contributed by atoms with van der Waals surface area (Å²) in [5.74, 6) is -0.333. The number of carbonyl (C=O) groups excluding carboxylic acids is 1. The summed E-state index contributed by atoms with van der Waals surface area (Å²) in [6, 6.07) is 22.5. The molecule has 0 radical (unpaired) electrons. The number of benzene rings is 3. The molecule has 0 aliphatic carbocycles. The fraction of sp³-hybridized carbons (Fsp3) is 0.185. The van der Waals surface area contributed by atoms with Gasteiger partial charge in [-0.25, -0.2) is 4.39 Å². The van der Waals surface area contributed by atoms with E-state index in [1.54, 1.807) is 24.0 Å². The van der Waals surface area contributed by atoms with Gasteiger partial charge in [0.25, 0.3) is 0 Å². The Morgan fingerprint density at radius 2 is 1.76 bits per heavy atom. The van der Waals surface area contributed by atoms with Crippen molar-refractivity contribution in [1.29, 1.82) is 0 Å². The van der Waals surface area contributed by atoms with Gasteiger partial charge in [-0.1, -0.05) is 48.5 Å². The zero-order valence-corrected chi connectivity index (χ0v) is 18.6. The monoisotopic (exact) mass is 440 g/mol.